The summed E-state index contributed by atoms with van der Waals surface area (Å²) in [5.41, 5.74) is 0. The lowest BCUT2D eigenvalue weighted by Crippen LogP contribution is -2.40. The Bertz CT molecular complexity index is 548. The number of carboxylic acids is 1. The Balaban J connectivity index is 3.15. The van der Waals surface area contributed by atoms with Crippen molar-refractivity contribution >= 4 is 16.0 Å². The van der Waals surface area contributed by atoms with E-state index in [1.807, 2.05) is 13.8 Å². The van der Waals surface area contributed by atoms with Crippen molar-refractivity contribution < 1.29 is 18.3 Å². The van der Waals surface area contributed by atoms with Gasteiger partial charge in [0.25, 0.3) is 0 Å². The summed E-state index contributed by atoms with van der Waals surface area (Å²) in [5.74, 6) is -1.19. The second-order valence-electron chi connectivity index (χ2n) is 4.79. The molecule has 0 saturated carbocycles. The van der Waals surface area contributed by atoms with Gasteiger partial charge in [0.05, 0.1) is 6.20 Å². The molecule has 19 heavy (non-hydrogen) atoms. The molecule has 1 N–H and O–H groups in total. The minimum atomic E-state index is -3.84. The highest BCUT2D eigenvalue weighted by Gasteiger charge is 2.30. The fourth-order valence-corrected chi connectivity index (χ4v) is 3.08. The minimum absolute atomic E-state index is 0.0103. The molecule has 0 aliphatic heterocycles. The molecular formula is C11H19N3O4S. The van der Waals surface area contributed by atoms with Gasteiger partial charge in [-0.25, -0.2) is 8.42 Å². The van der Waals surface area contributed by atoms with Gasteiger partial charge in [-0.15, -0.1) is 0 Å². The fourth-order valence-electron chi connectivity index (χ4n) is 1.55. The monoisotopic (exact) mass is 289 g/mol. The van der Waals surface area contributed by atoms with Crippen LogP contribution < -0.4 is 0 Å². The highest BCUT2D eigenvalue weighted by Crippen LogP contribution is 2.18. The summed E-state index contributed by atoms with van der Waals surface area (Å²) < 4.78 is 27.2. The van der Waals surface area contributed by atoms with Gasteiger partial charge in [0.15, 0.2) is 0 Å². The number of rotatable bonds is 6. The zero-order chi connectivity index (χ0) is 14.8. The van der Waals surface area contributed by atoms with Crippen LogP contribution in [0.4, 0.5) is 0 Å². The summed E-state index contributed by atoms with van der Waals surface area (Å²) in [6.45, 7) is 6.45. The average molecular weight is 289 g/mol. The molecule has 1 aromatic heterocycles. The van der Waals surface area contributed by atoms with Crippen molar-refractivity contribution in [2.75, 3.05) is 6.54 Å². The third-order valence-corrected chi connectivity index (χ3v) is 4.56. The highest BCUT2D eigenvalue weighted by molar-refractivity contribution is 7.89. The van der Waals surface area contributed by atoms with Crippen LogP contribution in [0, 0.1) is 0 Å². The Hall–Kier alpha value is -1.41. The number of hydrogen-bond acceptors (Lipinski definition) is 4. The molecule has 0 fully saturated rings. The van der Waals surface area contributed by atoms with E-state index in [2.05, 4.69) is 5.10 Å². The van der Waals surface area contributed by atoms with Gasteiger partial charge in [-0.2, -0.15) is 9.40 Å². The summed E-state index contributed by atoms with van der Waals surface area (Å²) in [4.78, 5) is 10.8. The van der Waals surface area contributed by atoms with Crippen LogP contribution in [0.25, 0.3) is 0 Å². The van der Waals surface area contributed by atoms with E-state index in [4.69, 9.17) is 5.11 Å². The Morgan fingerprint density at radius 1 is 1.42 bits per heavy atom. The van der Waals surface area contributed by atoms with E-state index in [-0.39, 0.29) is 10.9 Å². The Morgan fingerprint density at radius 3 is 2.37 bits per heavy atom. The van der Waals surface area contributed by atoms with Gasteiger partial charge in [-0.1, -0.05) is 0 Å². The van der Waals surface area contributed by atoms with E-state index in [0.29, 0.717) is 0 Å². The number of carbonyl (C=O) groups is 1. The predicted octanol–water partition coefficient (Wildman–Crippen LogP) is 0.948. The van der Waals surface area contributed by atoms with E-state index in [0.717, 1.165) is 4.31 Å². The lowest BCUT2D eigenvalue weighted by Gasteiger charge is -2.23. The van der Waals surface area contributed by atoms with Crippen molar-refractivity contribution in [1.29, 1.82) is 0 Å². The molecular weight excluding hydrogens is 270 g/mol. The van der Waals surface area contributed by atoms with Crippen LogP contribution in [0.1, 0.15) is 33.7 Å². The van der Waals surface area contributed by atoms with Crippen LogP contribution in [0.3, 0.4) is 0 Å². The second-order valence-corrected chi connectivity index (χ2v) is 6.68. The maximum Gasteiger partial charge on any atom is 0.318 e. The van der Waals surface area contributed by atoms with Gasteiger partial charge in [0.2, 0.25) is 10.0 Å². The van der Waals surface area contributed by atoms with Crippen LogP contribution in [-0.4, -0.2) is 46.2 Å². The first kappa shape index (κ1) is 15.6. The lowest BCUT2D eigenvalue weighted by molar-refractivity contribution is -0.137. The molecule has 108 valence electrons. The highest BCUT2D eigenvalue weighted by atomic mass is 32.2. The van der Waals surface area contributed by atoms with Gasteiger partial charge in [0.1, 0.15) is 11.4 Å². The molecule has 0 radical (unpaired) electrons. The molecule has 0 aliphatic carbocycles. The maximum absolute atomic E-state index is 12.4. The van der Waals surface area contributed by atoms with Crippen LogP contribution in [-0.2, 0) is 14.8 Å². The summed E-state index contributed by atoms with van der Waals surface area (Å²) in [6.07, 6.45) is 2.66. The number of carboxylic acid groups (broad SMARTS) is 1. The van der Waals surface area contributed by atoms with E-state index in [1.165, 1.54) is 17.1 Å². The summed E-state index contributed by atoms with van der Waals surface area (Å²) in [7, 11) is -3.84. The van der Waals surface area contributed by atoms with Gasteiger partial charge in [-0.05, 0) is 27.7 Å². The van der Waals surface area contributed by atoms with Crippen molar-refractivity contribution in [3.8, 4) is 0 Å². The van der Waals surface area contributed by atoms with Gasteiger partial charge in [-0.3, -0.25) is 9.48 Å². The second kappa shape index (κ2) is 5.70. The number of sulfonamides is 1. The molecule has 0 aliphatic rings. The normalized spacial score (nSPS) is 12.6. The Labute approximate surface area is 112 Å². The van der Waals surface area contributed by atoms with Crippen molar-refractivity contribution in [3.05, 3.63) is 12.4 Å². The van der Waals surface area contributed by atoms with Gasteiger partial charge in [0, 0.05) is 18.3 Å². The number of hydrogen-bond donors (Lipinski definition) is 1. The molecule has 1 rings (SSSR count). The SMILES string of the molecule is CC(C)N(CC(=O)O)S(=O)(=O)c1cnn(C(C)C)c1. The topological polar surface area (TPSA) is 92.5 Å². The molecule has 0 aromatic carbocycles. The first-order valence-corrected chi connectivity index (χ1v) is 7.38. The third-order valence-electron chi connectivity index (χ3n) is 2.58. The number of aliphatic carboxylic acids is 1. The molecule has 1 heterocycles. The fraction of sp³-hybridized carbons (Fsp3) is 0.636. The average Bonchev–Trinajstić information content (AvgIpc) is 2.74. The Kier molecular flexibility index (Phi) is 4.70. The summed E-state index contributed by atoms with van der Waals surface area (Å²) >= 11 is 0. The molecule has 0 atom stereocenters. The van der Waals surface area contributed by atoms with Gasteiger partial charge < -0.3 is 5.11 Å². The zero-order valence-corrected chi connectivity index (χ0v) is 12.3. The van der Waals surface area contributed by atoms with E-state index in [1.54, 1.807) is 13.8 Å². The predicted molar refractivity (Wildman–Crippen MR) is 69.3 cm³/mol. The Morgan fingerprint density at radius 2 is 2.00 bits per heavy atom. The maximum atomic E-state index is 12.4. The van der Waals surface area contributed by atoms with Crippen LogP contribution in [0.15, 0.2) is 17.3 Å². The molecule has 8 heteroatoms. The summed E-state index contributed by atoms with van der Waals surface area (Å²) in [6, 6.07) is -0.403. The molecule has 0 spiro atoms. The number of aromatic nitrogens is 2. The van der Waals surface area contributed by atoms with Crippen molar-refractivity contribution in [2.45, 2.75) is 44.7 Å². The molecule has 1 aromatic rings. The smallest absolute Gasteiger partial charge is 0.318 e. The lowest BCUT2D eigenvalue weighted by atomic mass is 10.4. The molecule has 0 amide bonds. The van der Waals surface area contributed by atoms with Crippen LogP contribution in [0.2, 0.25) is 0 Å². The van der Waals surface area contributed by atoms with Crippen molar-refractivity contribution in [1.82, 2.24) is 14.1 Å². The third kappa shape index (κ3) is 3.54. The van der Waals surface area contributed by atoms with Crippen LogP contribution in [0.5, 0.6) is 0 Å². The molecule has 0 unspecified atom stereocenters. The zero-order valence-electron chi connectivity index (χ0n) is 11.4. The van der Waals surface area contributed by atoms with Gasteiger partial charge >= 0.3 is 5.97 Å². The molecule has 0 saturated heterocycles. The van der Waals surface area contributed by atoms with E-state index >= 15 is 0 Å². The van der Waals surface area contributed by atoms with Crippen molar-refractivity contribution in [2.24, 2.45) is 0 Å². The molecule has 0 bridgehead atoms. The van der Waals surface area contributed by atoms with Crippen LogP contribution >= 0.6 is 0 Å². The first-order chi connectivity index (χ1) is 8.66. The largest absolute Gasteiger partial charge is 0.480 e. The minimum Gasteiger partial charge on any atom is -0.480 e. The van der Waals surface area contributed by atoms with E-state index < -0.39 is 28.6 Å². The van der Waals surface area contributed by atoms with E-state index in [9.17, 15) is 13.2 Å². The summed E-state index contributed by atoms with van der Waals surface area (Å²) in [5, 5.41) is 12.8. The first-order valence-electron chi connectivity index (χ1n) is 5.94. The van der Waals surface area contributed by atoms with Crippen molar-refractivity contribution in [3.63, 3.8) is 0 Å². The number of nitrogens with zero attached hydrogens (tertiary/aromatic N) is 3. The quantitative estimate of drug-likeness (QED) is 0.841. The standard InChI is InChI=1S/C11H19N3O4S/c1-8(2)13-6-10(5-12-13)19(17,18)14(9(3)4)7-11(15)16/h5-6,8-9H,7H2,1-4H3,(H,15,16). The molecule has 7 nitrogen and oxygen atoms in total.